The predicted molar refractivity (Wildman–Crippen MR) is 82.7 cm³/mol. The summed E-state index contributed by atoms with van der Waals surface area (Å²) in [6.45, 7) is 0.824. The number of para-hydroxylation sites is 1. The molecule has 1 aliphatic heterocycles. The number of sulfonamides is 1. The van der Waals surface area contributed by atoms with Gasteiger partial charge in [0.1, 0.15) is 6.54 Å². The molecule has 0 radical (unpaired) electrons. The van der Waals surface area contributed by atoms with Crippen molar-refractivity contribution in [3.05, 3.63) is 30.5 Å². The minimum absolute atomic E-state index is 0.109. The molecule has 2 heterocycles. The number of carbonyl (C=O) groups is 1. The van der Waals surface area contributed by atoms with Gasteiger partial charge in [0, 0.05) is 18.5 Å². The Labute approximate surface area is 129 Å². The molecule has 1 aromatic heterocycles. The summed E-state index contributed by atoms with van der Waals surface area (Å²) in [5.74, 6) is -0.109. The van der Waals surface area contributed by atoms with Crippen LogP contribution in [0, 0.1) is 0 Å². The van der Waals surface area contributed by atoms with Crippen LogP contribution in [0.4, 0.5) is 0 Å². The predicted octanol–water partition coefficient (Wildman–Crippen LogP) is 0.186. The Bertz CT molecular complexity index is 799. The van der Waals surface area contributed by atoms with Crippen molar-refractivity contribution in [3.8, 4) is 0 Å². The number of nitrogens with zero attached hydrogens (tertiary/aromatic N) is 3. The summed E-state index contributed by atoms with van der Waals surface area (Å²) in [6, 6.07) is 7.67. The number of hydrogen-bond acceptors (Lipinski definition) is 4. The molecule has 1 N–H and O–H groups in total. The van der Waals surface area contributed by atoms with Crippen molar-refractivity contribution in [1.82, 2.24) is 19.4 Å². The molecule has 0 spiro atoms. The maximum absolute atomic E-state index is 12.4. The molecule has 3 rings (SSSR count). The highest BCUT2D eigenvalue weighted by molar-refractivity contribution is 7.90. The highest BCUT2D eigenvalue weighted by atomic mass is 32.2. The summed E-state index contributed by atoms with van der Waals surface area (Å²) in [6.07, 6.45) is 2.19. The third-order valence-corrected chi connectivity index (χ3v) is 5.89. The number of benzene rings is 1. The van der Waals surface area contributed by atoms with Crippen LogP contribution in [0.3, 0.4) is 0 Å². The van der Waals surface area contributed by atoms with Crippen LogP contribution in [0.1, 0.15) is 6.42 Å². The fraction of sp³-hybridized carbons (Fsp3) is 0.429. The molecule has 22 heavy (non-hydrogen) atoms. The minimum atomic E-state index is -3.33. The molecular weight excluding hydrogens is 304 g/mol. The van der Waals surface area contributed by atoms with E-state index in [2.05, 4.69) is 9.82 Å². The van der Waals surface area contributed by atoms with Crippen molar-refractivity contribution in [2.75, 3.05) is 20.1 Å². The third-order valence-electron chi connectivity index (χ3n) is 4.06. The van der Waals surface area contributed by atoms with Crippen LogP contribution in [0.2, 0.25) is 0 Å². The Morgan fingerprint density at radius 2 is 2.18 bits per heavy atom. The summed E-state index contributed by atoms with van der Waals surface area (Å²) in [5.41, 5.74) is 0.898. The lowest BCUT2D eigenvalue weighted by Crippen LogP contribution is -2.37. The molecule has 8 heteroatoms. The van der Waals surface area contributed by atoms with Crippen LogP contribution in [0.5, 0.6) is 0 Å². The zero-order chi connectivity index (χ0) is 15.7. The van der Waals surface area contributed by atoms with E-state index < -0.39 is 15.3 Å². The second-order valence-electron chi connectivity index (χ2n) is 5.36. The van der Waals surface area contributed by atoms with Crippen molar-refractivity contribution < 1.29 is 13.2 Å². The summed E-state index contributed by atoms with van der Waals surface area (Å²) >= 11 is 0. The Hall–Kier alpha value is -1.93. The molecule has 118 valence electrons. The number of fused-ring (bicyclic) bond motifs is 1. The summed E-state index contributed by atoms with van der Waals surface area (Å²) in [7, 11) is -1.93. The molecule has 0 saturated carbocycles. The highest BCUT2D eigenvalue weighted by Gasteiger charge is 2.34. The topological polar surface area (TPSA) is 84.3 Å². The van der Waals surface area contributed by atoms with Gasteiger partial charge in [-0.05, 0) is 19.5 Å². The summed E-state index contributed by atoms with van der Waals surface area (Å²) in [4.78, 5) is 14.0. The van der Waals surface area contributed by atoms with Gasteiger partial charge < -0.3 is 4.90 Å². The fourth-order valence-electron chi connectivity index (χ4n) is 2.75. The van der Waals surface area contributed by atoms with E-state index >= 15 is 0 Å². The second-order valence-corrected chi connectivity index (χ2v) is 7.53. The van der Waals surface area contributed by atoms with Crippen molar-refractivity contribution in [1.29, 1.82) is 0 Å². The van der Waals surface area contributed by atoms with E-state index in [1.54, 1.807) is 15.8 Å². The molecule has 2 aromatic rings. The Kier molecular flexibility index (Phi) is 3.88. The lowest BCUT2D eigenvalue weighted by atomic mass is 10.2. The van der Waals surface area contributed by atoms with Gasteiger partial charge in [-0.15, -0.1) is 0 Å². The first kappa shape index (κ1) is 15.0. The van der Waals surface area contributed by atoms with Crippen molar-refractivity contribution in [2.24, 2.45) is 0 Å². The van der Waals surface area contributed by atoms with Gasteiger partial charge in [-0.3, -0.25) is 9.48 Å². The van der Waals surface area contributed by atoms with Gasteiger partial charge >= 0.3 is 0 Å². The standard InChI is InChI=1S/C14H18N4O3S/c1-15-22(20,21)12-6-7-17(9-12)14(19)10-18-13-5-3-2-4-11(13)8-16-18/h2-5,8,12,15H,6-7,9-10H2,1H3. The zero-order valence-corrected chi connectivity index (χ0v) is 13.1. The fourth-order valence-corrected chi connectivity index (χ4v) is 3.88. The van der Waals surface area contributed by atoms with Crippen LogP contribution in [-0.2, 0) is 21.4 Å². The van der Waals surface area contributed by atoms with Gasteiger partial charge in [0.2, 0.25) is 15.9 Å². The van der Waals surface area contributed by atoms with Crippen LogP contribution in [-0.4, -0.2) is 54.4 Å². The molecule has 1 amide bonds. The van der Waals surface area contributed by atoms with E-state index in [-0.39, 0.29) is 19.0 Å². The van der Waals surface area contributed by atoms with E-state index in [1.165, 1.54) is 7.05 Å². The average molecular weight is 322 g/mol. The smallest absolute Gasteiger partial charge is 0.244 e. The largest absolute Gasteiger partial charge is 0.340 e. The number of aromatic nitrogens is 2. The molecule has 1 atom stereocenters. The average Bonchev–Trinajstić information content (AvgIpc) is 3.15. The first-order valence-electron chi connectivity index (χ1n) is 7.12. The molecule has 1 aromatic carbocycles. The van der Waals surface area contributed by atoms with Crippen LogP contribution in [0.15, 0.2) is 30.5 Å². The van der Waals surface area contributed by atoms with Crippen molar-refractivity contribution in [2.45, 2.75) is 18.2 Å². The van der Waals surface area contributed by atoms with E-state index in [9.17, 15) is 13.2 Å². The SMILES string of the molecule is CNS(=O)(=O)C1CCN(C(=O)Cn2ncc3ccccc32)C1. The van der Waals surface area contributed by atoms with Gasteiger partial charge in [0.05, 0.1) is 17.0 Å². The lowest BCUT2D eigenvalue weighted by Gasteiger charge is -2.16. The number of hydrogen-bond donors (Lipinski definition) is 1. The Balaban J connectivity index is 1.71. The molecular formula is C14H18N4O3S. The van der Waals surface area contributed by atoms with Gasteiger partial charge in [0.15, 0.2) is 0 Å². The van der Waals surface area contributed by atoms with E-state index in [1.807, 2.05) is 24.3 Å². The minimum Gasteiger partial charge on any atom is -0.340 e. The number of carbonyl (C=O) groups excluding carboxylic acids is 1. The van der Waals surface area contributed by atoms with E-state index in [0.717, 1.165) is 10.9 Å². The molecule has 1 unspecified atom stereocenters. The van der Waals surface area contributed by atoms with Gasteiger partial charge in [-0.1, -0.05) is 18.2 Å². The molecule has 0 bridgehead atoms. The number of nitrogens with one attached hydrogen (secondary N) is 1. The Morgan fingerprint density at radius 1 is 1.41 bits per heavy atom. The first-order chi connectivity index (χ1) is 10.5. The molecule has 0 aliphatic carbocycles. The highest BCUT2D eigenvalue weighted by Crippen LogP contribution is 2.18. The maximum Gasteiger partial charge on any atom is 0.244 e. The monoisotopic (exact) mass is 322 g/mol. The second kappa shape index (κ2) is 5.69. The molecule has 1 aliphatic rings. The van der Waals surface area contributed by atoms with E-state index in [4.69, 9.17) is 0 Å². The van der Waals surface area contributed by atoms with Crippen LogP contribution < -0.4 is 4.72 Å². The molecule has 1 saturated heterocycles. The van der Waals surface area contributed by atoms with Gasteiger partial charge in [-0.2, -0.15) is 5.10 Å². The van der Waals surface area contributed by atoms with E-state index in [0.29, 0.717) is 13.0 Å². The number of rotatable bonds is 4. The number of likely N-dealkylation sites (tertiary alicyclic amines) is 1. The van der Waals surface area contributed by atoms with Gasteiger partial charge in [-0.25, -0.2) is 13.1 Å². The molecule has 7 nitrogen and oxygen atoms in total. The third kappa shape index (κ3) is 2.71. The summed E-state index contributed by atoms with van der Waals surface area (Å²) < 4.78 is 27.6. The maximum atomic E-state index is 12.4. The molecule has 1 fully saturated rings. The normalized spacial score (nSPS) is 19.0. The van der Waals surface area contributed by atoms with Crippen LogP contribution >= 0.6 is 0 Å². The lowest BCUT2D eigenvalue weighted by molar-refractivity contribution is -0.130. The quantitative estimate of drug-likeness (QED) is 0.871. The summed E-state index contributed by atoms with van der Waals surface area (Å²) in [5, 5.41) is 4.68. The van der Waals surface area contributed by atoms with Crippen LogP contribution in [0.25, 0.3) is 10.9 Å². The van der Waals surface area contributed by atoms with Crippen molar-refractivity contribution >= 4 is 26.8 Å². The van der Waals surface area contributed by atoms with Gasteiger partial charge in [0.25, 0.3) is 0 Å². The van der Waals surface area contributed by atoms with Crippen molar-refractivity contribution in [3.63, 3.8) is 0 Å². The number of amides is 1. The zero-order valence-electron chi connectivity index (χ0n) is 12.3. The Morgan fingerprint density at radius 3 is 2.95 bits per heavy atom. The first-order valence-corrected chi connectivity index (χ1v) is 8.66.